The number of amides is 1. The summed E-state index contributed by atoms with van der Waals surface area (Å²) in [6, 6.07) is 0. The minimum atomic E-state index is -2.65. The molecular weight excluding hydrogens is 420 g/mol. The Kier molecular flexibility index (Phi) is 5.47. The van der Waals surface area contributed by atoms with Crippen LogP contribution in [0.5, 0.6) is 0 Å². The Balaban J connectivity index is 1.80. The van der Waals surface area contributed by atoms with E-state index in [0.717, 1.165) is 0 Å². The van der Waals surface area contributed by atoms with Gasteiger partial charge in [-0.15, -0.1) is 5.10 Å². The van der Waals surface area contributed by atoms with Gasteiger partial charge in [-0.25, -0.2) is 13.8 Å². The molecule has 1 fully saturated rings. The molecule has 0 saturated carbocycles. The third-order valence-corrected chi connectivity index (χ3v) is 4.66. The maximum Gasteiger partial charge on any atom is 0.256 e. The Labute approximate surface area is 173 Å². The molecule has 3 aromatic heterocycles. The molecule has 4 rings (SSSR count). The van der Waals surface area contributed by atoms with Crippen LogP contribution in [-0.4, -0.2) is 89.0 Å². The van der Waals surface area contributed by atoms with Crippen LogP contribution in [0.2, 0.25) is 0 Å². The molecule has 4 heterocycles. The Bertz CT molecular complexity index is 1100. The number of rotatable bonds is 6. The average Bonchev–Trinajstić information content (AvgIpc) is 3.44. The number of carbonyl (C=O) groups excluding carboxylic acids is 1. The maximum absolute atomic E-state index is 12.8. The molecule has 4 atom stereocenters. The molecule has 0 bridgehead atoms. The third-order valence-electron chi connectivity index (χ3n) is 4.66. The van der Waals surface area contributed by atoms with Gasteiger partial charge >= 0.3 is 0 Å². The number of alkyl halides is 2. The van der Waals surface area contributed by atoms with Crippen molar-refractivity contribution in [2.75, 3.05) is 18.9 Å². The molecule has 4 N–H and O–H groups in total. The zero-order chi connectivity index (χ0) is 22.3. The number of halogens is 2. The second-order valence-electron chi connectivity index (χ2n) is 6.82. The summed E-state index contributed by atoms with van der Waals surface area (Å²) in [6.07, 6.45) is -5.39. The van der Waals surface area contributed by atoms with Crippen molar-refractivity contribution in [3.05, 3.63) is 18.2 Å². The van der Waals surface area contributed by atoms with Crippen molar-refractivity contribution in [1.29, 1.82) is 0 Å². The van der Waals surface area contributed by atoms with Gasteiger partial charge in [-0.3, -0.25) is 9.36 Å². The zero-order valence-electron chi connectivity index (χ0n) is 16.3. The summed E-state index contributed by atoms with van der Waals surface area (Å²) in [5.41, 5.74) is 0.795. The summed E-state index contributed by atoms with van der Waals surface area (Å²) in [4.78, 5) is 24.6. The molecule has 0 aromatic carbocycles. The van der Waals surface area contributed by atoms with Crippen molar-refractivity contribution in [1.82, 2.24) is 39.8 Å². The lowest BCUT2D eigenvalue weighted by Gasteiger charge is -2.17. The van der Waals surface area contributed by atoms with Gasteiger partial charge < -0.3 is 25.6 Å². The van der Waals surface area contributed by atoms with Gasteiger partial charge in [0, 0.05) is 7.05 Å². The first-order valence-corrected chi connectivity index (χ1v) is 9.19. The number of anilines is 1. The lowest BCUT2D eigenvalue weighted by atomic mass is 10.1. The molecule has 1 amide bonds. The van der Waals surface area contributed by atoms with Gasteiger partial charge in [-0.05, 0) is 6.92 Å². The SMILES string of the molecule is CNC(=O)[C@H]1OC(n2cnc3c(NCC(F)F)nc(-n4cc(C)nn4)nc32)[C@H](O)[C@@H]1O. The highest BCUT2D eigenvalue weighted by Gasteiger charge is 2.47. The van der Waals surface area contributed by atoms with Crippen LogP contribution in [0.4, 0.5) is 14.6 Å². The van der Waals surface area contributed by atoms with E-state index >= 15 is 0 Å². The molecular formula is C16H19F2N9O4. The van der Waals surface area contributed by atoms with Crippen molar-refractivity contribution in [3.63, 3.8) is 0 Å². The number of fused-ring (bicyclic) bond motifs is 1. The number of hydrogen-bond donors (Lipinski definition) is 4. The lowest BCUT2D eigenvalue weighted by Crippen LogP contribution is -2.41. The standard InChI is InChI=1S/C16H19F2N9O4/c1-6-4-27(25-24-6)16-22-12(20-3-7(17)18)8-13(23-16)26(5-21-8)15-10(29)9(28)11(31-15)14(30)19-2/h4-5,7,9-11,15,28-29H,3H2,1-2H3,(H,19,30)(H,20,22,23)/t9-,10+,11-,15?/m0/s1. The molecule has 3 aromatic rings. The minimum absolute atomic E-state index is 0.00232. The van der Waals surface area contributed by atoms with E-state index in [-0.39, 0.29) is 22.9 Å². The number of ether oxygens (including phenoxy) is 1. The summed E-state index contributed by atoms with van der Waals surface area (Å²) in [7, 11) is 1.37. The number of nitrogens with one attached hydrogen (secondary N) is 2. The van der Waals surface area contributed by atoms with Crippen molar-refractivity contribution >= 4 is 22.9 Å². The third kappa shape index (κ3) is 3.77. The van der Waals surface area contributed by atoms with E-state index < -0.39 is 43.4 Å². The van der Waals surface area contributed by atoms with E-state index in [0.29, 0.717) is 5.69 Å². The number of imidazole rings is 1. The minimum Gasteiger partial charge on any atom is -0.387 e. The normalized spacial score (nSPS) is 23.6. The number of aryl methyl sites for hydroxylation is 1. The molecule has 0 radical (unpaired) electrons. The van der Waals surface area contributed by atoms with Crippen LogP contribution in [0.15, 0.2) is 12.5 Å². The van der Waals surface area contributed by atoms with Gasteiger partial charge in [0.25, 0.3) is 18.3 Å². The first-order valence-electron chi connectivity index (χ1n) is 9.19. The summed E-state index contributed by atoms with van der Waals surface area (Å²) >= 11 is 0. The predicted octanol–water partition coefficient (Wildman–Crippen LogP) is -1.24. The Hall–Kier alpha value is -3.30. The summed E-state index contributed by atoms with van der Waals surface area (Å²) in [5, 5.41) is 33.2. The summed E-state index contributed by atoms with van der Waals surface area (Å²) in [6.45, 7) is 1.01. The summed E-state index contributed by atoms with van der Waals surface area (Å²) < 4.78 is 33.6. The van der Waals surface area contributed by atoms with Gasteiger partial charge in [-0.1, -0.05) is 5.21 Å². The van der Waals surface area contributed by atoms with Crippen molar-refractivity contribution in [2.24, 2.45) is 0 Å². The predicted molar refractivity (Wildman–Crippen MR) is 99.5 cm³/mol. The fraction of sp³-hybridized carbons (Fsp3) is 0.500. The Morgan fingerprint density at radius 1 is 1.32 bits per heavy atom. The molecule has 0 spiro atoms. The van der Waals surface area contributed by atoms with E-state index in [1.807, 2.05) is 0 Å². The molecule has 13 nitrogen and oxygen atoms in total. The second kappa shape index (κ2) is 8.09. The number of aliphatic hydroxyl groups excluding tert-OH is 2. The van der Waals surface area contributed by atoms with Gasteiger partial charge in [-0.2, -0.15) is 14.6 Å². The van der Waals surface area contributed by atoms with E-state index in [1.54, 1.807) is 6.92 Å². The first-order chi connectivity index (χ1) is 14.8. The highest BCUT2D eigenvalue weighted by Crippen LogP contribution is 2.33. The molecule has 0 aliphatic carbocycles. The molecule has 1 unspecified atom stereocenters. The molecule has 1 saturated heterocycles. The highest BCUT2D eigenvalue weighted by molar-refractivity contribution is 5.84. The van der Waals surface area contributed by atoms with E-state index in [9.17, 15) is 23.8 Å². The Morgan fingerprint density at radius 3 is 2.74 bits per heavy atom. The fourth-order valence-electron chi connectivity index (χ4n) is 3.18. The van der Waals surface area contributed by atoms with Gasteiger partial charge in [0.05, 0.1) is 24.8 Å². The quantitative estimate of drug-likeness (QED) is 0.365. The molecule has 15 heteroatoms. The molecule has 1 aliphatic rings. The van der Waals surface area contributed by atoms with Gasteiger partial charge in [0.2, 0.25) is 0 Å². The smallest absolute Gasteiger partial charge is 0.256 e. The van der Waals surface area contributed by atoms with Crippen LogP contribution in [0.3, 0.4) is 0 Å². The number of likely N-dealkylation sites (N-methyl/N-ethyl adjacent to an activating group) is 1. The molecule has 166 valence electrons. The van der Waals surface area contributed by atoms with Gasteiger partial charge in [0.1, 0.15) is 12.2 Å². The molecule has 31 heavy (non-hydrogen) atoms. The van der Waals surface area contributed by atoms with Gasteiger partial charge in [0.15, 0.2) is 29.3 Å². The second-order valence-corrected chi connectivity index (χ2v) is 6.82. The van der Waals surface area contributed by atoms with E-state index in [1.165, 1.54) is 28.8 Å². The van der Waals surface area contributed by atoms with Crippen LogP contribution in [0.1, 0.15) is 11.9 Å². The number of aromatic nitrogens is 7. The number of aliphatic hydroxyl groups is 2. The lowest BCUT2D eigenvalue weighted by molar-refractivity contribution is -0.137. The monoisotopic (exact) mass is 439 g/mol. The summed E-state index contributed by atoms with van der Waals surface area (Å²) in [5.74, 6) is -0.614. The topological polar surface area (TPSA) is 165 Å². The molecule has 1 aliphatic heterocycles. The van der Waals surface area contributed by atoms with E-state index in [4.69, 9.17) is 4.74 Å². The largest absolute Gasteiger partial charge is 0.387 e. The van der Waals surface area contributed by atoms with Crippen molar-refractivity contribution < 1.29 is 28.5 Å². The van der Waals surface area contributed by atoms with Crippen LogP contribution in [0.25, 0.3) is 17.1 Å². The number of nitrogens with zero attached hydrogens (tertiary/aromatic N) is 7. The van der Waals surface area contributed by atoms with Crippen molar-refractivity contribution in [2.45, 2.75) is 37.9 Å². The van der Waals surface area contributed by atoms with Crippen LogP contribution < -0.4 is 10.6 Å². The highest BCUT2D eigenvalue weighted by atomic mass is 19.3. The average molecular weight is 439 g/mol. The van der Waals surface area contributed by atoms with Crippen LogP contribution >= 0.6 is 0 Å². The number of hydrogen-bond acceptors (Lipinski definition) is 10. The van der Waals surface area contributed by atoms with Crippen LogP contribution in [0, 0.1) is 6.92 Å². The Morgan fingerprint density at radius 2 is 2.10 bits per heavy atom. The maximum atomic E-state index is 12.8. The van der Waals surface area contributed by atoms with E-state index in [2.05, 4.69) is 35.9 Å². The van der Waals surface area contributed by atoms with Crippen LogP contribution in [-0.2, 0) is 9.53 Å². The first kappa shape index (κ1) is 21.0. The fourth-order valence-corrected chi connectivity index (χ4v) is 3.18. The number of carbonyl (C=O) groups is 1. The van der Waals surface area contributed by atoms with Crippen molar-refractivity contribution in [3.8, 4) is 5.95 Å². The zero-order valence-corrected chi connectivity index (χ0v) is 16.3.